The molecule has 0 bridgehead atoms. The molecule has 3 nitrogen and oxygen atoms in total. The SMILES string of the molecule is COc1cc(F)c(C(CCO)N(C)C)cc1F. The molecule has 0 aliphatic heterocycles. The number of rotatable bonds is 5. The number of ether oxygens (including phenoxy) is 1. The molecule has 0 saturated carbocycles. The van der Waals surface area contributed by atoms with E-state index in [0.717, 1.165) is 12.1 Å². The summed E-state index contributed by atoms with van der Waals surface area (Å²) in [6.45, 7) is -0.0874. The van der Waals surface area contributed by atoms with Crippen molar-refractivity contribution in [3.63, 3.8) is 0 Å². The van der Waals surface area contributed by atoms with Crippen LogP contribution in [0.15, 0.2) is 12.1 Å². The van der Waals surface area contributed by atoms with Gasteiger partial charge in [-0.05, 0) is 26.6 Å². The van der Waals surface area contributed by atoms with Crippen LogP contribution in [0.4, 0.5) is 8.78 Å². The van der Waals surface area contributed by atoms with Gasteiger partial charge in [0.05, 0.1) is 7.11 Å². The van der Waals surface area contributed by atoms with Crippen molar-refractivity contribution >= 4 is 0 Å². The van der Waals surface area contributed by atoms with E-state index < -0.39 is 11.6 Å². The first-order valence-corrected chi connectivity index (χ1v) is 5.31. The highest BCUT2D eigenvalue weighted by Gasteiger charge is 2.20. The Balaban J connectivity index is 3.15. The first-order chi connectivity index (χ1) is 8.01. The minimum atomic E-state index is -0.603. The van der Waals surface area contributed by atoms with E-state index in [1.54, 1.807) is 19.0 Å². The molecule has 0 radical (unpaired) electrons. The molecule has 1 N–H and O–H groups in total. The summed E-state index contributed by atoms with van der Waals surface area (Å²) in [5, 5.41) is 8.94. The smallest absolute Gasteiger partial charge is 0.165 e. The van der Waals surface area contributed by atoms with Gasteiger partial charge in [-0.2, -0.15) is 0 Å². The van der Waals surface area contributed by atoms with Crippen molar-refractivity contribution in [2.24, 2.45) is 0 Å². The molecule has 0 heterocycles. The zero-order valence-corrected chi connectivity index (χ0v) is 10.2. The van der Waals surface area contributed by atoms with Crippen molar-refractivity contribution in [3.8, 4) is 5.75 Å². The van der Waals surface area contributed by atoms with Crippen molar-refractivity contribution in [1.82, 2.24) is 4.90 Å². The summed E-state index contributed by atoms with van der Waals surface area (Å²) in [7, 11) is 4.79. The first kappa shape index (κ1) is 13.9. The van der Waals surface area contributed by atoms with Crippen LogP contribution in [0.25, 0.3) is 0 Å². The minimum absolute atomic E-state index is 0.0874. The minimum Gasteiger partial charge on any atom is -0.494 e. The Kier molecular flexibility index (Phi) is 4.84. The lowest BCUT2D eigenvalue weighted by molar-refractivity contribution is 0.207. The summed E-state index contributed by atoms with van der Waals surface area (Å²) in [5.74, 6) is -1.25. The number of hydrogen-bond acceptors (Lipinski definition) is 3. The fourth-order valence-corrected chi connectivity index (χ4v) is 1.77. The highest BCUT2D eigenvalue weighted by Crippen LogP contribution is 2.29. The Morgan fingerprint density at radius 2 is 1.94 bits per heavy atom. The lowest BCUT2D eigenvalue weighted by Crippen LogP contribution is -2.22. The van der Waals surface area contributed by atoms with E-state index in [2.05, 4.69) is 0 Å². The van der Waals surface area contributed by atoms with E-state index in [4.69, 9.17) is 9.84 Å². The fourth-order valence-electron chi connectivity index (χ4n) is 1.77. The molecule has 0 aliphatic rings. The predicted octanol–water partition coefficient (Wildman–Crippen LogP) is 1.96. The van der Waals surface area contributed by atoms with E-state index in [1.165, 1.54) is 7.11 Å². The summed E-state index contributed by atoms with van der Waals surface area (Å²) in [4.78, 5) is 1.74. The maximum absolute atomic E-state index is 13.8. The molecule has 0 aromatic heterocycles. The molecular formula is C12H17F2NO2. The van der Waals surface area contributed by atoms with Gasteiger partial charge in [-0.15, -0.1) is 0 Å². The van der Waals surface area contributed by atoms with Crippen LogP contribution in [0.5, 0.6) is 5.75 Å². The third kappa shape index (κ3) is 3.14. The molecule has 5 heteroatoms. The maximum Gasteiger partial charge on any atom is 0.165 e. The molecule has 0 amide bonds. The van der Waals surface area contributed by atoms with Gasteiger partial charge >= 0.3 is 0 Å². The van der Waals surface area contributed by atoms with Crippen LogP contribution in [0.3, 0.4) is 0 Å². The Labute approximate surface area is 99.6 Å². The van der Waals surface area contributed by atoms with Gasteiger partial charge < -0.3 is 14.7 Å². The molecule has 1 unspecified atom stereocenters. The van der Waals surface area contributed by atoms with E-state index in [0.29, 0.717) is 6.42 Å². The largest absolute Gasteiger partial charge is 0.494 e. The Morgan fingerprint density at radius 1 is 1.29 bits per heavy atom. The van der Waals surface area contributed by atoms with E-state index >= 15 is 0 Å². The van der Waals surface area contributed by atoms with E-state index in [9.17, 15) is 8.78 Å². The number of nitrogens with zero attached hydrogens (tertiary/aromatic N) is 1. The van der Waals surface area contributed by atoms with E-state index in [1.807, 2.05) is 0 Å². The summed E-state index contributed by atoms with van der Waals surface area (Å²) in [6, 6.07) is 1.79. The monoisotopic (exact) mass is 245 g/mol. The van der Waals surface area contributed by atoms with Gasteiger partial charge in [-0.25, -0.2) is 8.78 Å². The molecule has 0 spiro atoms. The van der Waals surface area contributed by atoms with Gasteiger partial charge in [0.2, 0.25) is 0 Å². The number of methoxy groups -OCH3 is 1. The molecule has 0 aliphatic carbocycles. The van der Waals surface area contributed by atoms with Gasteiger partial charge in [0.15, 0.2) is 11.6 Å². The van der Waals surface area contributed by atoms with E-state index in [-0.39, 0.29) is 24.0 Å². The van der Waals surface area contributed by atoms with Crippen molar-refractivity contribution in [2.75, 3.05) is 27.8 Å². The molecule has 1 aromatic carbocycles. The summed E-state index contributed by atoms with van der Waals surface area (Å²) in [5.41, 5.74) is 0.224. The second kappa shape index (κ2) is 5.93. The average molecular weight is 245 g/mol. The highest BCUT2D eigenvalue weighted by molar-refractivity contribution is 5.32. The zero-order chi connectivity index (χ0) is 13.0. The molecule has 1 aromatic rings. The number of hydrogen-bond donors (Lipinski definition) is 1. The Hall–Kier alpha value is -1.20. The highest BCUT2D eigenvalue weighted by atomic mass is 19.1. The van der Waals surface area contributed by atoms with Gasteiger partial charge in [0.25, 0.3) is 0 Å². The first-order valence-electron chi connectivity index (χ1n) is 5.31. The normalized spacial score (nSPS) is 12.9. The van der Waals surface area contributed by atoms with Crippen molar-refractivity contribution < 1.29 is 18.6 Å². The van der Waals surface area contributed by atoms with Gasteiger partial charge in [-0.3, -0.25) is 0 Å². The maximum atomic E-state index is 13.8. The topological polar surface area (TPSA) is 32.7 Å². The molecular weight excluding hydrogens is 228 g/mol. The lowest BCUT2D eigenvalue weighted by atomic mass is 10.0. The second-order valence-electron chi connectivity index (χ2n) is 4.00. The molecule has 0 saturated heterocycles. The number of aliphatic hydroxyl groups is 1. The van der Waals surface area contributed by atoms with Crippen molar-refractivity contribution in [1.29, 1.82) is 0 Å². The zero-order valence-electron chi connectivity index (χ0n) is 10.2. The second-order valence-corrected chi connectivity index (χ2v) is 4.00. The van der Waals surface area contributed by atoms with Crippen LogP contribution in [0.1, 0.15) is 18.0 Å². The van der Waals surface area contributed by atoms with Gasteiger partial charge in [0, 0.05) is 24.3 Å². The molecule has 0 fully saturated rings. The third-order valence-electron chi connectivity index (χ3n) is 2.66. The van der Waals surface area contributed by atoms with Crippen LogP contribution < -0.4 is 4.74 Å². The van der Waals surface area contributed by atoms with Crippen molar-refractivity contribution in [2.45, 2.75) is 12.5 Å². The average Bonchev–Trinajstić information content (AvgIpc) is 2.28. The molecule has 17 heavy (non-hydrogen) atoms. The Bertz CT molecular complexity index is 383. The van der Waals surface area contributed by atoms with Crippen LogP contribution in [-0.4, -0.2) is 37.8 Å². The third-order valence-corrected chi connectivity index (χ3v) is 2.66. The summed E-state index contributed by atoms with van der Waals surface area (Å²) >= 11 is 0. The molecule has 1 rings (SSSR count). The molecule has 1 atom stereocenters. The predicted molar refractivity (Wildman–Crippen MR) is 61.0 cm³/mol. The summed E-state index contributed by atoms with van der Waals surface area (Å²) in [6.07, 6.45) is 0.343. The van der Waals surface area contributed by atoms with Crippen LogP contribution >= 0.6 is 0 Å². The number of benzene rings is 1. The van der Waals surface area contributed by atoms with Gasteiger partial charge in [0.1, 0.15) is 5.82 Å². The fraction of sp³-hybridized carbons (Fsp3) is 0.500. The van der Waals surface area contributed by atoms with Crippen LogP contribution in [-0.2, 0) is 0 Å². The molecule has 96 valence electrons. The standard InChI is InChI=1S/C12H17F2NO2/c1-15(2)11(4-5-16)8-6-10(14)12(17-3)7-9(8)13/h6-7,11,16H,4-5H2,1-3H3. The van der Waals surface area contributed by atoms with Crippen LogP contribution in [0, 0.1) is 11.6 Å². The number of aliphatic hydroxyl groups excluding tert-OH is 1. The number of halogens is 2. The van der Waals surface area contributed by atoms with Crippen molar-refractivity contribution in [3.05, 3.63) is 29.3 Å². The van der Waals surface area contributed by atoms with Gasteiger partial charge in [-0.1, -0.05) is 0 Å². The lowest BCUT2D eigenvalue weighted by Gasteiger charge is -2.24. The summed E-state index contributed by atoms with van der Waals surface area (Å²) < 4.78 is 32.0. The quantitative estimate of drug-likeness (QED) is 0.860. The van der Waals surface area contributed by atoms with Crippen LogP contribution in [0.2, 0.25) is 0 Å². The Morgan fingerprint density at radius 3 is 2.41 bits per heavy atom.